The summed E-state index contributed by atoms with van der Waals surface area (Å²) in [6.07, 6.45) is 2.40. The Hall–Kier alpha value is -1.40. The molecule has 78 valence electrons. The lowest BCUT2D eigenvalue weighted by atomic mass is 10.4. The third-order valence-electron chi connectivity index (χ3n) is 1.55. The normalized spacial score (nSPS) is 12.4. The minimum absolute atomic E-state index is 0.287. The van der Waals surface area contributed by atoms with Crippen molar-refractivity contribution in [3.8, 4) is 0 Å². The van der Waals surface area contributed by atoms with Crippen LogP contribution in [0.1, 0.15) is 0 Å². The molecule has 6 heteroatoms. The van der Waals surface area contributed by atoms with E-state index >= 15 is 0 Å². The average Bonchev–Trinajstić information content (AvgIpc) is 2.17. The fourth-order valence-electron chi connectivity index (χ4n) is 0.903. The maximum Gasteiger partial charge on any atom is 0.144 e. The maximum absolute atomic E-state index is 9.30. The standard InChI is InChI=1S/C8H14N4O2/c1-14-5-6(13)2-11-8-4-10-7(9)3-12-8/h3-4,6,13H,2,5H2,1H3,(H2,9,10)(H,11,12). The molecule has 1 aromatic heterocycles. The molecule has 0 aliphatic carbocycles. The summed E-state index contributed by atoms with van der Waals surface area (Å²) in [5.74, 6) is 0.947. The highest BCUT2D eigenvalue weighted by Crippen LogP contribution is 2.01. The molecule has 0 saturated carbocycles. The van der Waals surface area contributed by atoms with Crippen LogP contribution in [0.25, 0.3) is 0 Å². The summed E-state index contributed by atoms with van der Waals surface area (Å²) in [5.41, 5.74) is 5.36. The van der Waals surface area contributed by atoms with E-state index < -0.39 is 6.10 Å². The van der Waals surface area contributed by atoms with E-state index in [1.165, 1.54) is 19.5 Å². The summed E-state index contributed by atoms with van der Waals surface area (Å²) < 4.78 is 4.77. The fourth-order valence-corrected chi connectivity index (χ4v) is 0.903. The van der Waals surface area contributed by atoms with Gasteiger partial charge in [0, 0.05) is 13.7 Å². The van der Waals surface area contributed by atoms with E-state index in [1.54, 1.807) is 0 Å². The lowest BCUT2D eigenvalue weighted by Gasteiger charge is -2.10. The number of aliphatic hydroxyl groups is 1. The van der Waals surface area contributed by atoms with Crippen LogP contribution < -0.4 is 11.1 Å². The van der Waals surface area contributed by atoms with Gasteiger partial charge in [-0.3, -0.25) is 0 Å². The van der Waals surface area contributed by atoms with Crippen LogP contribution in [0.15, 0.2) is 12.4 Å². The van der Waals surface area contributed by atoms with Gasteiger partial charge in [-0.1, -0.05) is 0 Å². The van der Waals surface area contributed by atoms with Crippen LogP contribution in [-0.2, 0) is 4.74 Å². The summed E-state index contributed by atoms with van der Waals surface area (Å²) in [7, 11) is 1.53. The van der Waals surface area contributed by atoms with Crippen molar-refractivity contribution in [2.24, 2.45) is 0 Å². The lowest BCUT2D eigenvalue weighted by Crippen LogP contribution is -2.24. The van der Waals surface area contributed by atoms with Crippen LogP contribution in [0.4, 0.5) is 11.6 Å². The third kappa shape index (κ3) is 3.55. The Labute approximate surface area is 82.1 Å². The molecule has 0 aliphatic rings. The molecule has 1 heterocycles. The summed E-state index contributed by atoms with van der Waals surface area (Å²) in [6.45, 7) is 0.655. The molecule has 0 bridgehead atoms. The molecule has 1 atom stereocenters. The average molecular weight is 198 g/mol. The maximum atomic E-state index is 9.30. The Morgan fingerprint density at radius 2 is 2.36 bits per heavy atom. The van der Waals surface area contributed by atoms with E-state index in [0.717, 1.165) is 0 Å². The summed E-state index contributed by atoms with van der Waals surface area (Å²) in [4.78, 5) is 7.80. The van der Waals surface area contributed by atoms with Crippen LogP contribution >= 0.6 is 0 Å². The Kier molecular flexibility index (Phi) is 4.09. The number of nitrogens with zero attached hydrogens (tertiary/aromatic N) is 2. The van der Waals surface area contributed by atoms with Crippen molar-refractivity contribution in [2.75, 3.05) is 31.3 Å². The molecule has 4 N–H and O–H groups in total. The van der Waals surface area contributed by atoms with Crippen LogP contribution in [0, 0.1) is 0 Å². The van der Waals surface area contributed by atoms with Crippen molar-refractivity contribution in [2.45, 2.75) is 6.10 Å². The molecule has 0 amide bonds. The highest BCUT2D eigenvalue weighted by Gasteiger charge is 2.02. The van der Waals surface area contributed by atoms with Gasteiger partial charge in [0.25, 0.3) is 0 Å². The minimum atomic E-state index is -0.556. The molecule has 1 aromatic rings. The molecular formula is C8H14N4O2. The van der Waals surface area contributed by atoms with Gasteiger partial charge in [0.2, 0.25) is 0 Å². The van der Waals surface area contributed by atoms with Crippen molar-refractivity contribution in [3.63, 3.8) is 0 Å². The highest BCUT2D eigenvalue weighted by atomic mass is 16.5. The number of hydrogen-bond acceptors (Lipinski definition) is 6. The predicted octanol–water partition coefficient (Wildman–Crippen LogP) is -0.522. The first-order chi connectivity index (χ1) is 6.72. The zero-order valence-corrected chi connectivity index (χ0v) is 7.97. The molecule has 6 nitrogen and oxygen atoms in total. The van der Waals surface area contributed by atoms with Crippen molar-refractivity contribution in [3.05, 3.63) is 12.4 Å². The van der Waals surface area contributed by atoms with Gasteiger partial charge in [-0.05, 0) is 0 Å². The molecule has 0 fully saturated rings. The molecule has 1 rings (SSSR count). The van der Waals surface area contributed by atoms with Gasteiger partial charge < -0.3 is 20.9 Å². The number of hydrogen-bond donors (Lipinski definition) is 3. The second kappa shape index (κ2) is 5.36. The van der Waals surface area contributed by atoms with Gasteiger partial charge in [-0.25, -0.2) is 9.97 Å². The quantitative estimate of drug-likeness (QED) is 0.589. The lowest BCUT2D eigenvalue weighted by molar-refractivity contribution is 0.0727. The highest BCUT2D eigenvalue weighted by molar-refractivity contribution is 5.35. The minimum Gasteiger partial charge on any atom is -0.389 e. The molecule has 0 aliphatic heterocycles. The van der Waals surface area contributed by atoms with Crippen molar-refractivity contribution >= 4 is 11.6 Å². The number of rotatable bonds is 5. The Morgan fingerprint density at radius 1 is 1.57 bits per heavy atom. The van der Waals surface area contributed by atoms with Crippen molar-refractivity contribution < 1.29 is 9.84 Å². The summed E-state index contributed by atoms with van der Waals surface area (Å²) in [5, 5.41) is 12.2. The number of ether oxygens (including phenoxy) is 1. The molecule has 0 saturated heterocycles. The summed E-state index contributed by atoms with van der Waals surface area (Å²) in [6, 6.07) is 0. The zero-order valence-electron chi connectivity index (χ0n) is 7.97. The Bertz CT molecular complexity index is 265. The number of methoxy groups -OCH3 is 1. The SMILES string of the molecule is COCC(O)CNc1cnc(N)cn1. The van der Waals surface area contributed by atoms with Gasteiger partial charge in [-0.15, -0.1) is 0 Å². The zero-order chi connectivity index (χ0) is 10.4. The van der Waals surface area contributed by atoms with Gasteiger partial charge >= 0.3 is 0 Å². The largest absolute Gasteiger partial charge is 0.389 e. The fraction of sp³-hybridized carbons (Fsp3) is 0.500. The number of nitrogens with two attached hydrogens (primary N) is 1. The van der Waals surface area contributed by atoms with Crippen molar-refractivity contribution in [1.29, 1.82) is 0 Å². The van der Waals surface area contributed by atoms with Gasteiger partial charge in [0.1, 0.15) is 11.6 Å². The smallest absolute Gasteiger partial charge is 0.144 e. The van der Waals surface area contributed by atoms with Crippen molar-refractivity contribution in [1.82, 2.24) is 9.97 Å². The van der Waals surface area contributed by atoms with E-state index in [9.17, 15) is 5.11 Å². The van der Waals surface area contributed by atoms with Gasteiger partial charge in [0.15, 0.2) is 0 Å². The molecular weight excluding hydrogens is 184 g/mol. The van der Waals surface area contributed by atoms with Gasteiger partial charge in [0.05, 0.1) is 25.1 Å². The van der Waals surface area contributed by atoms with E-state index in [1.807, 2.05) is 0 Å². The van der Waals surface area contributed by atoms with Crippen LogP contribution in [0.5, 0.6) is 0 Å². The Balaban J connectivity index is 2.34. The first-order valence-corrected chi connectivity index (χ1v) is 4.20. The number of nitrogen functional groups attached to an aromatic ring is 1. The second-order valence-corrected chi connectivity index (χ2v) is 2.82. The van der Waals surface area contributed by atoms with Crippen LogP contribution in [0.2, 0.25) is 0 Å². The first-order valence-electron chi connectivity index (χ1n) is 4.20. The predicted molar refractivity (Wildman–Crippen MR) is 52.8 cm³/mol. The monoisotopic (exact) mass is 198 g/mol. The molecule has 0 spiro atoms. The topological polar surface area (TPSA) is 93.3 Å². The van der Waals surface area contributed by atoms with Crippen LogP contribution in [-0.4, -0.2) is 41.4 Å². The third-order valence-corrected chi connectivity index (χ3v) is 1.55. The van der Waals surface area contributed by atoms with E-state index in [4.69, 9.17) is 10.5 Å². The number of aromatic nitrogens is 2. The van der Waals surface area contributed by atoms with E-state index in [-0.39, 0.29) is 6.61 Å². The molecule has 0 radical (unpaired) electrons. The number of nitrogens with one attached hydrogen (secondary N) is 1. The van der Waals surface area contributed by atoms with Crippen LogP contribution in [0.3, 0.4) is 0 Å². The molecule has 1 unspecified atom stereocenters. The van der Waals surface area contributed by atoms with E-state index in [2.05, 4.69) is 15.3 Å². The Morgan fingerprint density at radius 3 is 2.93 bits per heavy atom. The number of anilines is 2. The molecule has 0 aromatic carbocycles. The van der Waals surface area contributed by atoms with E-state index in [0.29, 0.717) is 18.2 Å². The van der Waals surface area contributed by atoms with Gasteiger partial charge in [-0.2, -0.15) is 0 Å². The number of aliphatic hydroxyl groups excluding tert-OH is 1. The molecule has 14 heavy (non-hydrogen) atoms. The first kappa shape index (κ1) is 10.7. The second-order valence-electron chi connectivity index (χ2n) is 2.82. The summed E-state index contributed by atoms with van der Waals surface area (Å²) >= 11 is 0.